The van der Waals surface area contributed by atoms with Gasteiger partial charge in [0.2, 0.25) is 5.88 Å². The summed E-state index contributed by atoms with van der Waals surface area (Å²) in [5.41, 5.74) is 6.75. The molecule has 17 heavy (non-hydrogen) atoms. The molecule has 0 amide bonds. The first-order valence-electron chi connectivity index (χ1n) is 5.15. The molecule has 5 heteroatoms. The number of aromatic nitrogens is 2. The van der Waals surface area contributed by atoms with Crippen molar-refractivity contribution in [1.29, 1.82) is 0 Å². The second kappa shape index (κ2) is 5.12. The highest BCUT2D eigenvalue weighted by molar-refractivity contribution is 6.30. The monoisotopic (exact) mass is 249 g/mol. The van der Waals surface area contributed by atoms with E-state index in [9.17, 15) is 0 Å². The highest BCUT2D eigenvalue weighted by Crippen LogP contribution is 2.23. The molecule has 0 aliphatic heterocycles. The molecule has 0 radical (unpaired) electrons. The van der Waals surface area contributed by atoms with Gasteiger partial charge >= 0.3 is 0 Å². The van der Waals surface area contributed by atoms with Gasteiger partial charge in [-0.1, -0.05) is 11.6 Å². The van der Waals surface area contributed by atoms with E-state index in [2.05, 4.69) is 9.97 Å². The summed E-state index contributed by atoms with van der Waals surface area (Å²) in [5.74, 6) is 1.02. The lowest BCUT2D eigenvalue weighted by molar-refractivity contribution is 0.459. The number of hydrogen-bond donors (Lipinski definition) is 1. The van der Waals surface area contributed by atoms with Crippen molar-refractivity contribution in [3.8, 4) is 11.6 Å². The number of ether oxygens (including phenoxy) is 1. The molecule has 2 aromatic heterocycles. The van der Waals surface area contributed by atoms with Crippen LogP contribution in [0, 0.1) is 0 Å². The zero-order valence-electron chi connectivity index (χ0n) is 9.30. The van der Waals surface area contributed by atoms with Gasteiger partial charge in [-0.05, 0) is 18.6 Å². The van der Waals surface area contributed by atoms with Crippen molar-refractivity contribution < 1.29 is 4.74 Å². The maximum atomic E-state index is 5.81. The van der Waals surface area contributed by atoms with Crippen molar-refractivity contribution >= 4 is 11.6 Å². The maximum absolute atomic E-state index is 5.81. The second-order valence-corrected chi connectivity index (χ2v) is 4.09. The molecule has 0 spiro atoms. The molecule has 2 N–H and O–H groups in total. The summed E-state index contributed by atoms with van der Waals surface area (Å²) >= 11 is 5.81. The zero-order valence-corrected chi connectivity index (χ0v) is 10.1. The Morgan fingerprint density at radius 2 is 2.18 bits per heavy atom. The first-order chi connectivity index (χ1) is 8.15. The summed E-state index contributed by atoms with van der Waals surface area (Å²) in [6.07, 6.45) is 4.78. The van der Waals surface area contributed by atoms with Crippen LogP contribution in [0.3, 0.4) is 0 Å². The molecule has 2 aromatic rings. The number of pyridine rings is 2. The summed E-state index contributed by atoms with van der Waals surface area (Å²) in [7, 11) is 0. The van der Waals surface area contributed by atoms with Gasteiger partial charge in [0, 0.05) is 30.6 Å². The largest absolute Gasteiger partial charge is 0.437 e. The molecule has 2 heterocycles. The number of nitrogens with zero attached hydrogens (tertiary/aromatic N) is 2. The normalized spacial score (nSPS) is 12.2. The van der Waals surface area contributed by atoms with Crippen LogP contribution in [0.1, 0.15) is 18.5 Å². The predicted molar refractivity (Wildman–Crippen MR) is 66.2 cm³/mol. The Balaban J connectivity index is 2.21. The van der Waals surface area contributed by atoms with Crippen LogP contribution in [0.25, 0.3) is 0 Å². The molecular weight excluding hydrogens is 238 g/mol. The van der Waals surface area contributed by atoms with Crippen LogP contribution >= 0.6 is 11.6 Å². The number of rotatable bonds is 3. The molecule has 0 saturated carbocycles. The van der Waals surface area contributed by atoms with Crippen molar-refractivity contribution in [2.24, 2.45) is 5.73 Å². The van der Waals surface area contributed by atoms with Gasteiger partial charge in [-0.2, -0.15) is 0 Å². The third-order valence-corrected chi connectivity index (χ3v) is 2.39. The third kappa shape index (κ3) is 3.15. The molecule has 0 aliphatic carbocycles. The topological polar surface area (TPSA) is 61.0 Å². The van der Waals surface area contributed by atoms with Gasteiger partial charge in [0.25, 0.3) is 0 Å². The lowest BCUT2D eigenvalue weighted by Gasteiger charge is -2.08. The fraction of sp³-hybridized carbons (Fsp3) is 0.167. The Morgan fingerprint density at radius 3 is 2.88 bits per heavy atom. The molecule has 2 rings (SSSR count). The van der Waals surface area contributed by atoms with Crippen molar-refractivity contribution in [2.45, 2.75) is 13.0 Å². The molecular formula is C12H12ClN3O. The van der Waals surface area contributed by atoms with E-state index in [1.165, 1.54) is 0 Å². The van der Waals surface area contributed by atoms with Crippen molar-refractivity contribution in [1.82, 2.24) is 9.97 Å². The van der Waals surface area contributed by atoms with Crippen LogP contribution < -0.4 is 10.5 Å². The fourth-order valence-corrected chi connectivity index (χ4v) is 1.50. The van der Waals surface area contributed by atoms with E-state index >= 15 is 0 Å². The zero-order chi connectivity index (χ0) is 12.3. The average molecular weight is 250 g/mol. The van der Waals surface area contributed by atoms with Gasteiger partial charge in [0.15, 0.2) is 0 Å². The molecule has 1 unspecified atom stereocenters. The second-order valence-electron chi connectivity index (χ2n) is 3.66. The van der Waals surface area contributed by atoms with Crippen molar-refractivity contribution in [2.75, 3.05) is 0 Å². The van der Waals surface area contributed by atoms with E-state index in [1.54, 1.807) is 30.7 Å². The maximum Gasteiger partial charge on any atom is 0.219 e. The molecule has 0 aliphatic rings. The summed E-state index contributed by atoms with van der Waals surface area (Å²) in [5, 5.41) is 0.519. The summed E-state index contributed by atoms with van der Waals surface area (Å²) in [6.45, 7) is 1.90. The molecule has 0 bridgehead atoms. The van der Waals surface area contributed by atoms with Crippen LogP contribution in [0.4, 0.5) is 0 Å². The Kier molecular flexibility index (Phi) is 3.56. The van der Waals surface area contributed by atoms with Crippen LogP contribution in [0.2, 0.25) is 5.02 Å². The number of halogens is 1. The molecule has 88 valence electrons. The Bertz CT molecular complexity index is 517. The third-order valence-electron chi connectivity index (χ3n) is 2.19. The highest BCUT2D eigenvalue weighted by atomic mass is 35.5. The molecule has 1 atom stereocenters. The molecule has 4 nitrogen and oxygen atoms in total. The van der Waals surface area contributed by atoms with Gasteiger partial charge in [-0.25, -0.2) is 4.98 Å². The van der Waals surface area contributed by atoms with Gasteiger partial charge in [-0.3, -0.25) is 4.98 Å². The van der Waals surface area contributed by atoms with Crippen LogP contribution in [-0.4, -0.2) is 9.97 Å². The van der Waals surface area contributed by atoms with Crippen molar-refractivity contribution in [3.63, 3.8) is 0 Å². The van der Waals surface area contributed by atoms with E-state index in [-0.39, 0.29) is 6.04 Å². The Morgan fingerprint density at radius 1 is 1.35 bits per heavy atom. The standard InChI is InChI=1S/C12H12ClN3O/c1-8(14)9-2-3-16-12(4-9)17-11-5-10(13)6-15-7-11/h2-8H,14H2,1H3. The van der Waals surface area contributed by atoms with Crippen molar-refractivity contribution in [3.05, 3.63) is 47.4 Å². The highest BCUT2D eigenvalue weighted by Gasteiger charge is 2.04. The SMILES string of the molecule is CC(N)c1ccnc(Oc2cncc(Cl)c2)c1. The molecule has 0 saturated heterocycles. The lowest BCUT2D eigenvalue weighted by Crippen LogP contribution is -2.05. The van der Waals surface area contributed by atoms with Crippen LogP contribution in [0.15, 0.2) is 36.8 Å². The number of nitrogens with two attached hydrogens (primary N) is 1. The quantitative estimate of drug-likeness (QED) is 0.909. The molecule has 0 fully saturated rings. The Hall–Kier alpha value is -1.65. The smallest absolute Gasteiger partial charge is 0.219 e. The summed E-state index contributed by atoms with van der Waals surface area (Å²) in [6, 6.07) is 5.27. The van der Waals surface area contributed by atoms with E-state index in [4.69, 9.17) is 22.1 Å². The summed E-state index contributed by atoms with van der Waals surface area (Å²) < 4.78 is 5.54. The van der Waals surface area contributed by atoms with E-state index in [1.807, 2.05) is 13.0 Å². The average Bonchev–Trinajstić information content (AvgIpc) is 2.29. The summed E-state index contributed by atoms with van der Waals surface area (Å²) in [4.78, 5) is 8.03. The van der Waals surface area contributed by atoms with E-state index in [0.717, 1.165) is 5.56 Å². The van der Waals surface area contributed by atoms with Gasteiger partial charge < -0.3 is 10.5 Å². The fourth-order valence-electron chi connectivity index (χ4n) is 1.33. The van der Waals surface area contributed by atoms with Gasteiger partial charge in [0.1, 0.15) is 5.75 Å². The Labute approximate surface area is 104 Å². The van der Waals surface area contributed by atoms with Gasteiger partial charge in [0.05, 0.1) is 11.2 Å². The van der Waals surface area contributed by atoms with E-state index in [0.29, 0.717) is 16.7 Å². The minimum atomic E-state index is -0.0576. The van der Waals surface area contributed by atoms with Crippen LogP contribution in [0.5, 0.6) is 11.6 Å². The minimum absolute atomic E-state index is 0.0576. The minimum Gasteiger partial charge on any atom is -0.437 e. The van der Waals surface area contributed by atoms with E-state index < -0.39 is 0 Å². The first kappa shape index (κ1) is 11.8. The first-order valence-corrected chi connectivity index (χ1v) is 5.53. The van der Waals surface area contributed by atoms with Crippen LogP contribution in [-0.2, 0) is 0 Å². The molecule has 0 aromatic carbocycles. The van der Waals surface area contributed by atoms with Gasteiger partial charge in [-0.15, -0.1) is 0 Å². The predicted octanol–water partition coefficient (Wildman–Crippen LogP) is 2.94. The lowest BCUT2D eigenvalue weighted by atomic mass is 10.1. The number of hydrogen-bond acceptors (Lipinski definition) is 4.